The van der Waals surface area contributed by atoms with Gasteiger partial charge < -0.3 is 14.2 Å². The first-order valence-corrected chi connectivity index (χ1v) is 18.7. The predicted octanol–water partition coefficient (Wildman–Crippen LogP) is 10.4. The Labute approximate surface area is 275 Å². The van der Waals surface area contributed by atoms with Crippen molar-refractivity contribution in [3.63, 3.8) is 0 Å². The van der Waals surface area contributed by atoms with E-state index in [1.165, 1.54) is 86.5 Å². The first-order valence-electron chi connectivity index (χ1n) is 16.6. The Balaban J connectivity index is 1.41. The second-order valence-electron chi connectivity index (χ2n) is 13.3. The Hall–Kier alpha value is -2.05. The molecule has 6 heteroatoms. The van der Waals surface area contributed by atoms with Crippen LogP contribution in [-0.4, -0.2) is 46.8 Å². The summed E-state index contributed by atoms with van der Waals surface area (Å²) in [7, 11) is 0. The lowest BCUT2D eigenvalue weighted by Crippen LogP contribution is -2.41. The predicted molar refractivity (Wildman–Crippen MR) is 190 cm³/mol. The Morgan fingerprint density at radius 1 is 0.773 bits per heavy atom. The van der Waals surface area contributed by atoms with Crippen LogP contribution in [0.3, 0.4) is 0 Å². The van der Waals surface area contributed by atoms with Crippen molar-refractivity contribution in [3.8, 4) is 22.6 Å². The maximum Gasteiger partial charge on any atom is 0.333 e. The number of esters is 1. The van der Waals surface area contributed by atoms with Gasteiger partial charge in [0, 0.05) is 27.6 Å². The average Bonchev–Trinajstić information content (AvgIpc) is 2.99. The molecule has 0 bridgehead atoms. The molecule has 2 fully saturated rings. The van der Waals surface area contributed by atoms with Crippen LogP contribution >= 0.6 is 23.5 Å². The lowest BCUT2D eigenvalue weighted by molar-refractivity contribution is -0.153. The van der Waals surface area contributed by atoms with Crippen LogP contribution in [-0.2, 0) is 9.53 Å². The summed E-state index contributed by atoms with van der Waals surface area (Å²) in [6.45, 7) is 17.0. The van der Waals surface area contributed by atoms with Crippen molar-refractivity contribution in [3.05, 3.63) is 58.7 Å². The lowest BCUT2D eigenvalue weighted by Gasteiger charge is -2.32. The molecule has 2 aromatic carbocycles. The van der Waals surface area contributed by atoms with Crippen molar-refractivity contribution in [1.29, 1.82) is 0 Å². The van der Waals surface area contributed by atoms with Crippen LogP contribution in [0.1, 0.15) is 100 Å². The standard InChI is InChI=1S/C38H54O4S2/c1-26(2)37(39)42-38(7,25-44-34-16-12-9-13-17-34)24-41-36-29(5)22-32(23-30(36)6)31-20-27(3)35(28(4)21-31)40-18-19-43-33-14-10-8-11-15-33/h20-23,33-34H,1,8-19,24-25H2,2-7H3. The van der Waals surface area contributed by atoms with Crippen LogP contribution in [0.25, 0.3) is 11.1 Å². The van der Waals surface area contributed by atoms with Crippen molar-refractivity contribution < 1.29 is 19.0 Å². The maximum absolute atomic E-state index is 12.6. The fourth-order valence-corrected chi connectivity index (χ4v) is 9.02. The number of rotatable bonds is 14. The summed E-state index contributed by atoms with van der Waals surface area (Å²) >= 11 is 4.00. The molecule has 0 heterocycles. The first kappa shape index (κ1) is 34.8. The van der Waals surface area contributed by atoms with Gasteiger partial charge in [-0.1, -0.05) is 45.1 Å². The molecule has 2 aliphatic rings. The van der Waals surface area contributed by atoms with E-state index >= 15 is 0 Å². The quantitative estimate of drug-likeness (QED) is 0.117. The van der Waals surface area contributed by atoms with E-state index in [1.807, 2.05) is 18.7 Å². The number of ether oxygens (including phenoxy) is 3. The van der Waals surface area contributed by atoms with Gasteiger partial charge in [-0.3, -0.25) is 0 Å². The number of benzene rings is 2. The summed E-state index contributed by atoms with van der Waals surface area (Å²) in [4.78, 5) is 12.6. The Bertz CT molecular complexity index is 1230. The van der Waals surface area contributed by atoms with Crippen molar-refractivity contribution in [2.75, 3.05) is 24.7 Å². The van der Waals surface area contributed by atoms with E-state index in [4.69, 9.17) is 14.2 Å². The van der Waals surface area contributed by atoms with Crippen molar-refractivity contribution in [2.45, 2.75) is 122 Å². The maximum atomic E-state index is 12.6. The van der Waals surface area contributed by atoms with Gasteiger partial charge in [-0.15, -0.1) is 0 Å². The van der Waals surface area contributed by atoms with Gasteiger partial charge in [0.2, 0.25) is 0 Å². The smallest absolute Gasteiger partial charge is 0.333 e. The highest BCUT2D eigenvalue weighted by molar-refractivity contribution is 8.00. The molecule has 4 rings (SSSR count). The first-order chi connectivity index (χ1) is 21.0. The molecule has 0 N–H and O–H groups in total. The molecule has 1 atom stereocenters. The van der Waals surface area contributed by atoms with Crippen LogP contribution in [0.4, 0.5) is 0 Å². The molecule has 242 valence electrons. The third kappa shape index (κ3) is 9.97. The molecular formula is C38H54O4S2. The average molecular weight is 639 g/mol. The fraction of sp³-hybridized carbons (Fsp3) is 0.605. The molecule has 0 aliphatic heterocycles. The van der Waals surface area contributed by atoms with Gasteiger partial charge in [0.25, 0.3) is 0 Å². The number of thioether (sulfide) groups is 2. The number of carbonyl (C=O) groups excluding carboxylic acids is 1. The highest BCUT2D eigenvalue weighted by Gasteiger charge is 2.32. The SMILES string of the molecule is C=C(C)C(=O)OC(C)(COc1c(C)cc(-c2cc(C)c(OCCSC3CCCCC3)c(C)c2)cc1C)CSC1CCCCC1. The van der Waals surface area contributed by atoms with E-state index in [-0.39, 0.29) is 5.97 Å². The van der Waals surface area contributed by atoms with E-state index in [0.29, 0.717) is 23.2 Å². The zero-order chi connectivity index (χ0) is 31.7. The number of hydrogen-bond acceptors (Lipinski definition) is 6. The normalized spacial score (nSPS) is 17.6. The molecule has 0 radical (unpaired) electrons. The molecule has 1 unspecified atom stereocenters. The van der Waals surface area contributed by atoms with E-state index in [1.54, 1.807) is 6.92 Å². The largest absolute Gasteiger partial charge is 0.492 e. The number of carbonyl (C=O) groups is 1. The van der Waals surface area contributed by atoms with E-state index in [9.17, 15) is 4.79 Å². The summed E-state index contributed by atoms with van der Waals surface area (Å²) < 4.78 is 18.8. The Kier molecular flexibility index (Phi) is 13.1. The second-order valence-corrected chi connectivity index (χ2v) is 16.0. The molecule has 2 saturated carbocycles. The van der Waals surface area contributed by atoms with Gasteiger partial charge >= 0.3 is 5.97 Å². The van der Waals surface area contributed by atoms with E-state index in [0.717, 1.165) is 40.2 Å². The molecule has 0 aromatic heterocycles. The van der Waals surface area contributed by atoms with Crippen LogP contribution < -0.4 is 9.47 Å². The summed E-state index contributed by atoms with van der Waals surface area (Å²) in [6.07, 6.45) is 13.3. The second kappa shape index (κ2) is 16.5. The zero-order valence-electron chi connectivity index (χ0n) is 28.0. The molecule has 44 heavy (non-hydrogen) atoms. The van der Waals surface area contributed by atoms with Gasteiger partial charge in [-0.2, -0.15) is 23.5 Å². The van der Waals surface area contributed by atoms with Crippen LogP contribution in [0.15, 0.2) is 36.4 Å². The van der Waals surface area contributed by atoms with Crippen molar-refractivity contribution in [1.82, 2.24) is 0 Å². The lowest BCUT2D eigenvalue weighted by atomic mass is 9.96. The van der Waals surface area contributed by atoms with Crippen LogP contribution in [0.5, 0.6) is 11.5 Å². The topological polar surface area (TPSA) is 44.8 Å². The third-order valence-electron chi connectivity index (χ3n) is 8.88. The molecule has 0 spiro atoms. The van der Waals surface area contributed by atoms with Crippen LogP contribution in [0, 0.1) is 27.7 Å². The molecule has 2 aromatic rings. The summed E-state index contributed by atoms with van der Waals surface area (Å²) in [6, 6.07) is 8.88. The van der Waals surface area contributed by atoms with Gasteiger partial charge in [-0.05, 0) is 125 Å². The molecule has 0 saturated heterocycles. The van der Waals surface area contributed by atoms with E-state index in [2.05, 4.69) is 70.3 Å². The number of aryl methyl sites for hydroxylation is 4. The highest BCUT2D eigenvalue weighted by atomic mass is 32.2. The van der Waals surface area contributed by atoms with Crippen molar-refractivity contribution in [2.24, 2.45) is 0 Å². The van der Waals surface area contributed by atoms with Gasteiger partial charge in [0.05, 0.1) is 6.61 Å². The fourth-order valence-electron chi connectivity index (χ4n) is 6.44. The van der Waals surface area contributed by atoms with E-state index < -0.39 is 5.60 Å². The monoisotopic (exact) mass is 638 g/mol. The van der Waals surface area contributed by atoms with Crippen LogP contribution in [0.2, 0.25) is 0 Å². The zero-order valence-corrected chi connectivity index (χ0v) is 29.7. The summed E-state index contributed by atoms with van der Waals surface area (Å²) in [5, 5.41) is 1.44. The molecule has 2 aliphatic carbocycles. The van der Waals surface area contributed by atoms with Gasteiger partial charge in [-0.25, -0.2) is 4.79 Å². The Morgan fingerprint density at radius 3 is 1.70 bits per heavy atom. The minimum atomic E-state index is -0.741. The Morgan fingerprint density at radius 2 is 1.23 bits per heavy atom. The summed E-state index contributed by atoms with van der Waals surface area (Å²) in [5.74, 6) is 3.28. The number of hydrogen-bond donors (Lipinski definition) is 0. The molecule has 4 nitrogen and oxygen atoms in total. The minimum Gasteiger partial charge on any atom is -0.492 e. The summed E-state index contributed by atoms with van der Waals surface area (Å²) in [5.41, 5.74) is 6.51. The van der Waals surface area contributed by atoms with Gasteiger partial charge in [0.1, 0.15) is 18.1 Å². The van der Waals surface area contributed by atoms with Crippen molar-refractivity contribution >= 4 is 29.5 Å². The van der Waals surface area contributed by atoms with Gasteiger partial charge in [0.15, 0.2) is 5.60 Å². The third-order valence-corrected chi connectivity index (χ3v) is 11.9. The minimum absolute atomic E-state index is 0.302. The molecular weight excluding hydrogens is 585 g/mol. The molecule has 0 amide bonds. The highest BCUT2D eigenvalue weighted by Crippen LogP contribution is 2.36.